The Morgan fingerprint density at radius 1 is 1.29 bits per heavy atom. The molecule has 0 bridgehead atoms. The summed E-state index contributed by atoms with van der Waals surface area (Å²) in [5, 5.41) is 3.90. The van der Waals surface area contributed by atoms with E-state index in [0.29, 0.717) is 49.0 Å². The number of carbonyl (C=O) groups is 1. The first kappa shape index (κ1) is 20.4. The average molecular weight is 418 g/mol. The number of amides is 1. The number of hydrogen-bond donors (Lipinski definition) is 0. The molecule has 0 aromatic carbocycles. The maximum absolute atomic E-state index is 12.9. The van der Waals surface area contributed by atoms with Gasteiger partial charge in [0.2, 0.25) is 0 Å². The number of nitrogens with zero attached hydrogens (tertiary/aromatic N) is 3. The number of nitrogens with one attached hydrogen (secondary N) is 1. The van der Waals surface area contributed by atoms with E-state index in [1.807, 2.05) is 18.7 Å². The molecule has 1 amide bonds. The topological polar surface area (TPSA) is 63.7 Å². The summed E-state index contributed by atoms with van der Waals surface area (Å²) in [7, 11) is 0. The molecule has 2 aromatic heterocycles. The van der Waals surface area contributed by atoms with Crippen LogP contribution in [0.2, 0.25) is 5.02 Å². The summed E-state index contributed by atoms with van der Waals surface area (Å²) in [5.41, 5.74) is 0.206. The number of alkyl halides is 3. The normalized spacial score (nSPS) is 15.4. The summed E-state index contributed by atoms with van der Waals surface area (Å²) in [6.45, 7) is 7.28. The lowest BCUT2D eigenvalue weighted by atomic mass is 10.0. The van der Waals surface area contributed by atoms with Gasteiger partial charge in [-0.05, 0) is 13.0 Å². The molecule has 0 radical (unpaired) electrons. The highest BCUT2D eigenvalue weighted by Gasteiger charge is 2.35. The van der Waals surface area contributed by atoms with Gasteiger partial charge in [-0.15, -0.1) is 0 Å². The molecule has 2 aromatic rings. The van der Waals surface area contributed by atoms with Crippen LogP contribution in [0.1, 0.15) is 47.1 Å². The van der Waals surface area contributed by atoms with Crippen molar-refractivity contribution >= 4 is 23.3 Å². The Morgan fingerprint density at radius 2 is 1.93 bits per heavy atom. The highest BCUT2D eigenvalue weighted by Crippen LogP contribution is 2.32. The van der Waals surface area contributed by atoms with Crippen LogP contribution in [0.3, 0.4) is 0 Å². The predicted octanol–water partition coefficient (Wildman–Crippen LogP) is 3.56. The lowest BCUT2D eigenvalue weighted by Crippen LogP contribution is -2.50. The van der Waals surface area contributed by atoms with Gasteiger partial charge in [0, 0.05) is 5.92 Å². The van der Waals surface area contributed by atoms with E-state index in [4.69, 9.17) is 16.1 Å². The minimum atomic E-state index is -4.46. The SMILES string of the molecule is Cc1noc(C(C)C)c1C(=O)N1CCN(c2[nH+]cc(C(F)(F)F)cc2Cl)CC1. The summed E-state index contributed by atoms with van der Waals surface area (Å²) >= 11 is 6.05. The number of anilines is 1. The Kier molecular flexibility index (Phi) is 5.56. The Labute approximate surface area is 165 Å². The van der Waals surface area contributed by atoms with Crippen molar-refractivity contribution in [2.45, 2.75) is 32.9 Å². The summed E-state index contributed by atoms with van der Waals surface area (Å²) in [6, 6.07) is 0.903. The van der Waals surface area contributed by atoms with Crippen LogP contribution in [0.15, 0.2) is 16.8 Å². The van der Waals surface area contributed by atoms with Crippen molar-refractivity contribution in [3.05, 3.63) is 39.9 Å². The van der Waals surface area contributed by atoms with Gasteiger partial charge < -0.3 is 9.42 Å². The highest BCUT2D eigenvalue weighted by atomic mass is 35.5. The lowest BCUT2D eigenvalue weighted by molar-refractivity contribution is -0.367. The molecule has 0 spiro atoms. The van der Waals surface area contributed by atoms with E-state index >= 15 is 0 Å². The molecule has 3 rings (SSSR count). The first-order chi connectivity index (χ1) is 13.1. The number of H-pyrrole nitrogens is 1. The van der Waals surface area contributed by atoms with Crippen molar-refractivity contribution in [2.75, 3.05) is 31.1 Å². The minimum Gasteiger partial charge on any atom is -0.360 e. The quantitative estimate of drug-likeness (QED) is 0.766. The van der Waals surface area contributed by atoms with Gasteiger partial charge in [-0.25, -0.2) is 4.98 Å². The van der Waals surface area contributed by atoms with Crippen molar-refractivity contribution in [3.63, 3.8) is 0 Å². The molecule has 0 aliphatic carbocycles. The second-order valence-corrected chi connectivity index (χ2v) is 7.43. The summed E-state index contributed by atoms with van der Waals surface area (Å²) in [4.78, 5) is 19.1. The zero-order valence-corrected chi connectivity index (χ0v) is 16.5. The zero-order chi connectivity index (χ0) is 20.6. The maximum Gasteiger partial charge on any atom is 0.419 e. The number of aryl methyl sites for hydroxylation is 1. The van der Waals surface area contributed by atoms with E-state index in [9.17, 15) is 18.0 Å². The standard InChI is InChI=1S/C18H20ClF3N4O2/c1-10(2)15-14(11(3)24-28-15)17(27)26-6-4-25(5-7-26)16-13(19)8-12(9-23-16)18(20,21)22/h8-10H,4-7H2,1-3H3/p+1. The number of pyridine rings is 1. The summed E-state index contributed by atoms with van der Waals surface area (Å²) in [5.74, 6) is 0.849. The summed E-state index contributed by atoms with van der Waals surface area (Å²) in [6.07, 6.45) is -3.57. The van der Waals surface area contributed by atoms with Crippen LogP contribution in [0.5, 0.6) is 0 Å². The van der Waals surface area contributed by atoms with Crippen LogP contribution in [-0.4, -0.2) is 42.1 Å². The van der Waals surface area contributed by atoms with Gasteiger partial charge >= 0.3 is 6.18 Å². The smallest absolute Gasteiger partial charge is 0.360 e. The van der Waals surface area contributed by atoms with E-state index in [1.165, 1.54) is 0 Å². The van der Waals surface area contributed by atoms with Crippen LogP contribution in [0, 0.1) is 6.92 Å². The molecular weight excluding hydrogens is 397 g/mol. The molecule has 152 valence electrons. The van der Waals surface area contributed by atoms with E-state index in [-0.39, 0.29) is 16.8 Å². The van der Waals surface area contributed by atoms with Crippen LogP contribution >= 0.6 is 11.6 Å². The lowest BCUT2D eigenvalue weighted by Gasteiger charge is -2.31. The third kappa shape index (κ3) is 3.94. The van der Waals surface area contributed by atoms with E-state index in [1.54, 1.807) is 11.8 Å². The van der Waals surface area contributed by atoms with E-state index < -0.39 is 11.7 Å². The molecule has 1 aliphatic heterocycles. The number of hydrogen-bond acceptors (Lipinski definition) is 4. The third-order valence-corrected chi connectivity index (χ3v) is 5.00. The average Bonchev–Trinajstić information content (AvgIpc) is 3.02. The zero-order valence-electron chi connectivity index (χ0n) is 15.7. The highest BCUT2D eigenvalue weighted by molar-refractivity contribution is 6.32. The number of halogens is 4. The van der Waals surface area contributed by atoms with Crippen molar-refractivity contribution in [3.8, 4) is 0 Å². The van der Waals surface area contributed by atoms with Crippen LogP contribution in [0.4, 0.5) is 19.0 Å². The van der Waals surface area contributed by atoms with Crippen molar-refractivity contribution in [1.82, 2.24) is 10.1 Å². The van der Waals surface area contributed by atoms with Gasteiger partial charge in [0.05, 0.1) is 24.3 Å². The monoisotopic (exact) mass is 417 g/mol. The minimum absolute atomic E-state index is 0.00780. The van der Waals surface area contributed by atoms with E-state index in [2.05, 4.69) is 10.1 Å². The van der Waals surface area contributed by atoms with Gasteiger partial charge in [0.25, 0.3) is 11.7 Å². The van der Waals surface area contributed by atoms with Gasteiger partial charge in [-0.1, -0.05) is 30.6 Å². The number of piperazine rings is 1. The molecule has 0 atom stereocenters. The third-order valence-electron chi connectivity index (χ3n) is 4.71. The number of aromatic amines is 1. The Bertz CT molecular complexity index is 874. The summed E-state index contributed by atoms with van der Waals surface area (Å²) < 4.78 is 43.7. The first-order valence-corrected chi connectivity index (χ1v) is 9.26. The molecule has 6 nitrogen and oxygen atoms in total. The second kappa shape index (κ2) is 7.62. The molecule has 10 heteroatoms. The fourth-order valence-corrected chi connectivity index (χ4v) is 3.49. The number of carbonyl (C=O) groups excluding carboxylic acids is 1. The maximum atomic E-state index is 12.9. The van der Waals surface area contributed by atoms with Gasteiger partial charge in [0.1, 0.15) is 29.9 Å². The molecule has 28 heavy (non-hydrogen) atoms. The van der Waals surface area contributed by atoms with Crippen LogP contribution in [0.25, 0.3) is 0 Å². The molecule has 1 fully saturated rings. The molecule has 0 unspecified atom stereocenters. The Balaban J connectivity index is 1.72. The largest absolute Gasteiger partial charge is 0.419 e. The number of aromatic nitrogens is 2. The van der Waals surface area contributed by atoms with Crippen molar-refractivity contribution < 1.29 is 27.5 Å². The molecule has 0 saturated carbocycles. The molecule has 1 saturated heterocycles. The predicted molar refractivity (Wildman–Crippen MR) is 96.5 cm³/mol. The molecule has 1 N–H and O–H groups in total. The Morgan fingerprint density at radius 3 is 2.46 bits per heavy atom. The fourth-order valence-electron chi connectivity index (χ4n) is 3.20. The Hall–Kier alpha value is -2.29. The van der Waals surface area contributed by atoms with Crippen molar-refractivity contribution in [2.24, 2.45) is 0 Å². The molecule has 1 aliphatic rings. The van der Waals surface area contributed by atoms with Gasteiger partial charge in [-0.3, -0.25) is 9.69 Å². The van der Waals surface area contributed by atoms with Crippen LogP contribution in [-0.2, 0) is 6.18 Å². The fraction of sp³-hybridized carbons (Fsp3) is 0.500. The van der Waals surface area contributed by atoms with Crippen LogP contribution < -0.4 is 9.88 Å². The van der Waals surface area contributed by atoms with Gasteiger partial charge in [-0.2, -0.15) is 13.2 Å². The second-order valence-electron chi connectivity index (χ2n) is 7.02. The van der Waals surface area contributed by atoms with Gasteiger partial charge in [0.15, 0.2) is 5.76 Å². The van der Waals surface area contributed by atoms with E-state index in [0.717, 1.165) is 12.3 Å². The first-order valence-electron chi connectivity index (χ1n) is 8.88. The number of rotatable bonds is 3. The van der Waals surface area contributed by atoms with Crippen molar-refractivity contribution in [1.29, 1.82) is 0 Å². The molecular formula is C18H21ClF3N4O2+. The molecule has 3 heterocycles.